The van der Waals surface area contributed by atoms with Gasteiger partial charge in [-0.25, -0.2) is 0 Å². The number of carbonyl (C=O) groups excluding carboxylic acids is 2. The molecule has 7 heteroatoms. The summed E-state index contributed by atoms with van der Waals surface area (Å²) in [5.41, 5.74) is -0.0865. The van der Waals surface area contributed by atoms with Crippen LogP contribution in [-0.2, 0) is 14.3 Å². The largest absolute Gasteiger partial charge is 0.360 e. The molecule has 0 radical (unpaired) electrons. The predicted molar refractivity (Wildman–Crippen MR) is 120 cm³/mol. The average molecular weight is 444 g/mol. The molecule has 4 aliphatic heterocycles. The van der Waals surface area contributed by atoms with Crippen LogP contribution in [0.25, 0.3) is 0 Å². The zero-order valence-electron chi connectivity index (χ0n) is 18.4. The van der Waals surface area contributed by atoms with Crippen molar-refractivity contribution >= 4 is 29.1 Å². The van der Waals surface area contributed by atoms with Crippen LogP contribution in [-0.4, -0.2) is 47.2 Å². The van der Waals surface area contributed by atoms with Crippen molar-refractivity contribution in [2.75, 3.05) is 11.4 Å². The fourth-order valence-corrected chi connectivity index (χ4v) is 6.48. The number of nitrogens with one attached hydrogen (secondary N) is 2. The first-order chi connectivity index (χ1) is 14.5. The Morgan fingerprint density at radius 3 is 2.45 bits per heavy atom. The minimum absolute atomic E-state index is 0.0553. The van der Waals surface area contributed by atoms with Crippen molar-refractivity contribution in [1.29, 1.82) is 0 Å². The SMILES string of the molecule is CC1(C)CC(NC(=O)[C@@H]2[C@H]3C=C[C@]4(CN(c5ccc(Cl)cc5)C(=O)[C@@H]24)O3)CC(C)(C)N1. The second-order valence-electron chi connectivity index (χ2n) is 10.8. The molecule has 0 unspecified atom stereocenters. The summed E-state index contributed by atoms with van der Waals surface area (Å²) in [5.74, 6) is -1.14. The van der Waals surface area contributed by atoms with Crippen molar-refractivity contribution in [3.05, 3.63) is 41.4 Å². The van der Waals surface area contributed by atoms with Crippen LogP contribution in [0.1, 0.15) is 40.5 Å². The molecule has 4 atom stereocenters. The fraction of sp³-hybridized carbons (Fsp3) is 0.583. The molecule has 0 saturated carbocycles. The number of amides is 2. The molecule has 6 nitrogen and oxygen atoms in total. The zero-order chi connectivity index (χ0) is 22.2. The third kappa shape index (κ3) is 3.49. The topological polar surface area (TPSA) is 70.7 Å². The number of hydrogen-bond donors (Lipinski definition) is 2. The third-order valence-corrected chi connectivity index (χ3v) is 7.33. The van der Waals surface area contributed by atoms with E-state index in [9.17, 15) is 9.59 Å². The van der Waals surface area contributed by atoms with E-state index in [1.54, 1.807) is 17.0 Å². The number of hydrogen-bond acceptors (Lipinski definition) is 4. The normalized spacial score (nSPS) is 35.5. The van der Waals surface area contributed by atoms with Gasteiger partial charge < -0.3 is 20.3 Å². The van der Waals surface area contributed by atoms with Gasteiger partial charge in [-0.15, -0.1) is 0 Å². The summed E-state index contributed by atoms with van der Waals surface area (Å²) in [6.45, 7) is 9.07. The lowest BCUT2D eigenvalue weighted by Crippen LogP contribution is -2.62. The summed E-state index contributed by atoms with van der Waals surface area (Å²) in [4.78, 5) is 28.6. The minimum atomic E-state index is -0.726. The number of nitrogens with zero attached hydrogens (tertiary/aromatic N) is 1. The predicted octanol–water partition coefficient (Wildman–Crippen LogP) is 3.05. The maximum absolute atomic E-state index is 13.5. The second-order valence-corrected chi connectivity index (χ2v) is 11.2. The van der Waals surface area contributed by atoms with E-state index in [1.807, 2.05) is 24.3 Å². The van der Waals surface area contributed by atoms with E-state index in [1.165, 1.54) is 0 Å². The minimum Gasteiger partial charge on any atom is -0.360 e. The highest BCUT2D eigenvalue weighted by Gasteiger charge is 2.67. The number of halogens is 1. The van der Waals surface area contributed by atoms with E-state index in [2.05, 4.69) is 38.3 Å². The molecule has 1 spiro atoms. The van der Waals surface area contributed by atoms with E-state index < -0.39 is 17.4 Å². The van der Waals surface area contributed by atoms with Gasteiger partial charge in [0.05, 0.1) is 24.5 Å². The summed E-state index contributed by atoms with van der Waals surface area (Å²) >= 11 is 6.01. The van der Waals surface area contributed by atoms with Crippen LogP contribution in [0.15, 0.2) is 36.4 Å². The van der Waals surface area contributed by atoms with E-state index in [0.717, 1.165) is 18.5 Å². The van der Waals surface area contributed by atoms with Gasteiger partial charge in [0.2, 0.25) is 11.8 Å². The number of anilines is 1. The van der Waals surface area contributed by atoms with E-state index in [4.69, 9.17) is 16.3 Å². The molecular formula is C24H30ClN3O3. The van der Waals surface area contributed by atoms with Gasteiger partial charge in [-0.2, -0.15) is 0 Å². The quantitative estimate of drug-likeness (QED) is 0.704. The number of ether oxygens (including phenoxy) is 1. The molecule has 1 aromatic carbocycles. The van der Waals surface area contributed by atoms with Crippen LogP contribution in [0, 0.1) is 11.8 Å². The average Bonchev–Trinajstić information content (AvgIpc) is 3.28. The molecule has 3 fully saturated rings. The van der Waals surface area contributed by atoms with Crippen molar-refractivity contribution in [1.82, 2.24) is 10.6 Å². The van der Waals surface area contributed by atoms with Crippen LogP contribution < -0.4 is 15.5 Å². The lowest BCUT2D eigenvalue weighted by molar-refractivity contribution is -0.132. The summed E-state index contributed by atoms with van der Waals surface area (Å²) in [6, 6.07) is 7.27. The summed E-state index contributed by atoms with van der Waals surface area (Å²) in [5, 5.41) is 7.53. The standard InChI is InChI=1S/C24H30ClN3O3/c1-22(2)11-15(12-23(3,4)27-22)26-20(29)18-17-9-10-24(31-17)13-28(21(30)19(18)24)16-7-5-14(25)6-8-16/h5-10,15,17-19,27H,11-13H2,1-4H3,(H,26,29)/t17-,18-,19-,24-/m1/s1. The molecule has 2 amide bonds. The van der Waals surface area contributed by atoms with Crippen LogP contribution in [0.3, 0.4) is 0 Å². The highest BCUT2D eigenvalue weighted by atomic mass is 35.5. The van der Waals surface area contributed by atoms with E-state index in [0.29, 0.717) is 11.6 Å². The second kappa shape index (κ2) is 6.80. The first-order valence-electron chi connectivity index (χ1n) is 11.0. The fourth-order valence-electron chi connectivity index (χ4n) is 6.36. The maximum atomic E-state index is 13.5. The van der Waals surface area contributed by atoms with Gasteiger partial charge in [0.1, 0.15) is 5.60 Å². The molecule has 0 aromatic heterocycles. The Kier molecular flexibility index (Phi) is 4.60. The molecule has 166 valence electrons. The molecule has 5 rings (SSSR count). The van der Waals surface area contributed by atoms with Crippen molar-refractivity contribution < 1.29 is 14.3 Å². The van der Waals surface area contributed by atoms with Crippen molar-refractivity contribution in [2.45, 2.75) is 69.4 Å². The van der Waals surface area contributed by atoms with Crippen LogP contribution in [0.2, 0.25) is 5.02 Å². The first-order valence-corrected chi connectivity index (χ1v) is 11.4. The molecule has 3 saturated heterocycles. The lowest BCUT2D eigenvalue weighted by Gasteiger charge is -2.47. The van der Waals surface area contributed by atoms with Gasteiger partial charge in [0.15, 0.2) is 0 Å². The lowest BCUT2D eigenvalue weighted by atomic mass is 9.75. The molecule has 2 bridgehead atoms. The summed E-state index contributed by atoms with van der Waals surface area (Å²) < 4.78 is 6.26. The van der Waals surface area contributed by atoms with Gasteiger partial charge in [0.25, 0.3) is 0 Å². The molecule has 1 aromatic rings. The summed E-state index contributed by atoms with van der Waals surface area (Å²) in [6.07, 6.45) is 5.28. The number of fused-ring (bicyclic) bond motifs is 1. The molecular weight excluding hydrogens is 414 g/mol. The monoisotopic (exact) mass is 443 g/mol. The van der Waals surface area contributed by atoms with Gasteiger partial charge in [-0.3, -0.25) is 9.59 Å². The Morgan fingerprint density at radius 2 is 1.81 bits per heavy atom. The molecule has 4 heterocycles. The van der Waals surface area contributed by atoms with Crippen molar-refractivity contribution in [3.63, 3.8) is 0 Å². The third-order valence-electron chi connectivity index (χ3n) is 7.08. The Morgan fingerprint density at radius 1 is 1.16 bits per heavy atom. The van der Waals surface area contributed by atoms with Crippen LogP contribution >= 0.6 is 11.6 Å². The molecule has 0 aliphatic carbocycles. The number of rotatable bonds is 3. The highest BCUT2D eigenvalue weighted by molar-refractivity contribution is 6.30. The smallest absolute Gasteiger partial charge is 0.234 e. The maximum Gasteiger partial charge on any atom is 0.234 e. The Hall–Kier alpha value is -1.89. The zero-order valence-corrected chi connectivity index (χ0v) is 19.2. The number of carbonyl (C=O) groups is 2. The van der Waals surface area contributed by atoms with Crippen LogP contribution in [0.4, 0.5) is 5.69 Å². The van der Waals surface area contributed by atoms with Gasteiger partial charge in [0, 0.05) is 27.8 Å². The first kappa shape index (κ1) is 21.0. The van der Waals surface area contributed by atoms with Gasteiger partial charge in [-0.05, 0) is 64.8 Å². The molecule has 31 heavy (non-hydrogen) atoms. The van der Waals surface area contributed by atoms with Crippen LogP contribution in [0.5, 0.6) is 0 Å². The number of benzene rings is 1. The molecule has 2 N–H and O–H groups in total. The number of piperidine rings is 1. The van der Waals surface area contributed by atoms with Gasteiger partial charge in [-0.1, -0.05) is 23.8 Å². The Balaban J connectivity index is 1.37. The Labute approximate surface area is 188 Å². The van der Waals surface area contributed by atoms with E-state index >= 15 is 0 Å². The van der Waals surface area contributed by atoms with Crippen molar-refractivity contribution in [2.24, 2.45) is 11.8 Å². The van der Waals surface area contributed by atoms with Crippen molar-refractivity contribution in [3.8, 4) is 0 Å². The highest BCUT2D eigenvalue weighted by Crippen LogP contribution is 2.52. The Bertz CT molecular complexity index is 941. The van der Waals surface area contributed by atoms with Gasteiger partial charge >= 0.3 is 0 Å². The molecule has 4 aliphatic rings. The summed E-state index contributed by atoms with van der Waals surface area (Å²) in [7, 11) is 0. The van der Waals surface area contributed by atoms with E-state index in [-0.39, 0.29) is 35.0 Å².